The van der Waals surface area contributed by atoms with Crippen LogP contribution >= 0.6 is 11.6 Å². The van der Waals surface area contributed by atoms with Crippen molar-refractivity contribution in [2.75, 3.05) is 5.32 Å². The molecule has 0 heterocycles. The Morgan fingerprint density at radius 2 is 1.85 bits per heavy atom. The summed E-state index contributed by atoms with van der Waals surface area (Å²) in [4.78, 5) is 0. The summed E-state index contributed by atoms with van der Waals surface area (Å²) in [5.41, 5.74) is 1.85. The van der Waals surface area contributed by atoms with E-state index in [9.17, 15) is 4.39 Å². The Hall–Kier alpha value is -1.74. The van der Waals surface area contributed by atoms with E-state index >= 15 is 0 Å². The zero-order valence-electron chi connectivity index (χ0n) is 11.5. The van der Waals surface area contributed by atoms with Crippen molar-refractivity contribution in [1.82, 2.24) is 0 Å². The molecule has 4 heteroatoms. The lowest BCUT2D eigenvalue weighted by Gasteiger charge is -2.13. The number of anilines is 1. The number of ether oxygens (including phenoxy) is 1. The lowest BCUT2D eigenvalue weighted by Crippen LogP contribution is -2.09. The molecule has 0 saturated heterocycles. The second-order valence-corrected chi connectivity index (χ2v) is 5.27. The molecule has 0 aliphatic rings. The first-order valence-electron chi connectivity index (χ1n) is 6.48. The minimum Gasteiger partial charge on any atom is -0.487 e. The molecule has 20 heavy (non-hydrogen) atoms. The van der Waals surface area contributed by atoms with Gasteiger partial charge in [-0.25, -0.2) is 4.39 Å². The number of rotatable bonds is 5. The molecule has 0 fully saturated rings. The lowest BCUT2D eigenvalue weighted by atomic mass is 10.2. The average Bonchev–Trinajstić information content (AvgIpc) is 2.39. The predicted octanol–water partition coefficient (Wildman–Crippen LogP) is 4.88. The third kappa shape index (κ3) is 4.14. The highest BCUT2D eigenvalue weighted by atomic mass is 35.5. The van der Waals surface area contributed by atoms with Crippen LogP contribution in [-0.4, -0.2) is 6.04 Å². The first kappa shape index (κ1) is 14.7. The minimum absolute atomic E-state index is 0.254. The summed E-state index contributed by atoms with van der Waals surface area (Å²) in [6, 6.07) is 12.1. The summed E-state index contributed by atoms with van der Waals surface area (Å²) >= 11 is 6.18. The molecule has 0 saturated carbocycles. The third-order valence-corrected chi connectivity index (χ3v) is 2.99. The van der Waals surface area contributed by atoms with E-state index in [0.29, 0.717) is 23.4 Å². The van der Waals surface area contributed by atoms with Gasteiger partial charge in [0.15, 0.2) is 0 Å². The number of hydrogen-bond acceptors (Lipinski definition) is 2. The zero-order chi connectivity index (χ0) is 14.5. The van der Waals surface area contributed by atoms with E-state index in [1.807, 2.05) is 18.2 Å². The molecule has 2 aromatic rings. The topological polar surface area (TPSA) is 21.3 Å². The Balaban J connectivity index is 2.01. The van der Waals surface area contributed by atoms with Crippen LogP contribution in [0.15, 0.2) is 42.5 Å². The standard InChI is InChI=1S/C16H17ClFNO/c1-11(2)19-14-7-8-16(15(17)9-14)20-10-12-3-5-13(18)6-4-12/h3-9,11,19H,10H2,1-2H3. The summed E-state index contributed by atoms with van der Waals surface area (Å²) in [5.74, 6) is 0.362. The van der Waals surface area contributed by atoms with Crippen LogP contribution < -0.4 is 10.1 Å². The van der Waals surface area contributed by atoms with Gasteiger partial charge in [-0.3, -0.25) is 0 Å². The van der Waals surface area contributed by atoms with Crippen LogP contribution in [0.5, 0.6) is 5.75 Å². The van der Waals surface area contributed by atoms with E-state index in [1.54, 1.807) is 12.1 Å². The van der Waals surface area contributed by atoms with Crippen LogP contribution in [0.25, 0.3) is 0 Å². The number of benzene rings is 2. The quantitative estimate of drug-likeness (QED) is 0.848. The van der Waals surface area contributed by atoms with Crippen molar-refractivity contribution in [3.63, 3.8) is 0 Å². The van der Waals surface area contributed by atoms with Gasteiger partial charge in [0.2, 0.25) is 0 Å². The maximum Gasteiger partial charge on any atom is 0.138 e. The Kier molecular flexibility index (Phi) is 4.85. The van der Waals surface area contributed by atoms with E-state index in [-0.39, 0.29) is 5.82 Å². The van der Waals surface area contributed by atoms with Crippen molar-refractivity contribution in [2.45, 2.75) is 26.5 Å². The number of nitrogens with one attached hydrogen (secondary N) is 1. The fourth-order valence-corrected chi connectivity index (χ4v) is 2.02. The second-order valence-electron chi connectivity index (χ2n) is 4.86. The van der Waals surface area contributed by atoms with Crippen LogP contribution in [0.4, 0.5) is 10.1 Å². The van der Waals surface area contributed by atoms with Gasteiger partial charge in [0, 0.05) is 11.7 Å². The molecule has 0 amide bonds. The van der Waals surface area contributed by atoms with Gasteiger partial charge in [-0.2, -0.15) is 0 Å². The van der Waals surface area contributed by atoms with Gasteiger partial charge in [-0.05, 0) is 49.7 Å². The molecule has 0 atom stereocenters. The zero-order valence-corrected chi connectivity index (χ0v) is 12.2. The van der Waals surface area contributed by atoms with Crippen LogP contribution in [0.2, 0.25) is 5.02 Å². The molecule has 2 rings (SSSR count). The molecular weight excluding hydrogens is 277 g/mol. The lowest BCUT2D eigenvalue weighted by molar-refractivity contribution is 0.306. The van der Waals surface area contributed by atoms with Crippen LogP contribution in [0, 0.1) is 5.82 Å². The molecule has 0 radical (unpaired) electrons. The van der Waals surface area contributed by atoms with E-state index in [1.165, 1.54) is 12.1 Å². The van der Waals surface area contributed by atoms with E-state index < -0.39 is 0 Å². The summed E-state index contributed by atoms with van der Waals surface area (Å²) in [5, 5.41) is 3.82. The molecule has 0 spiro atoms. The SMILES string of the molecule is CC(C)Nc1ccc(OCc2ccc(F)cc2)c(Cl)c1. The van der Waals surface area contributed by atoms with Gasteiger partial charge in [0.05, 0.1) is 5.02 Å². The monoisotopic (exact) mass is 293 g/mol. The highest BCUT2D eigenvalue weighted by molar-refractivity contribution is 6.32. The third-order valence-electron chi connectivity index (χ3n) is 2.69. The van der Waals surface area contributed by atoms with Gasteiger partial charge in [0.25, 0.3) is 0 Å². The van der Waals surface area contributed by atoms with Gasteiger partial charge < -0.3 is 10.1 Å². The van der Waals surface area contributed by atoms with E-state index in [2.05, 4.69) is 19.2 Å². The molecule has 0 aliphatic carbocycles. The maximum absolute atomic E-state index is 12.8. The molecule has 2 nitrogen and oxygen atoms in total. The summed E-state index contributed by atoms with van der Waals surface area (Å²) in [7, 11) is 0. The summed E-state index contributed by atoms with van der Waals surface area (Å²) in [6.45, 7) is 4.48. The van der Waals surface area contributed by atoms with Crippen molar-refractivity contribution in [3.8, 4) is 5.75 Å². The Labute approximate surface area is 123 Å². The number of hydrogen-bond donors (Lipinski definition) is 1. The van der Waals surface area contributed by atoms with E-state index in [4.69, 9.17) is 16.3 Å². The van der Waals surface area contributed by atoms with Gasteiger partial charge in [-0.15, -0.1) is 0 Å². The van der Waals surface area contributed by atoms with Crippen LogP contribution in [0.3, 0.4) is 0 Å². The predicted molar refractivity (Wildman–Crippen MR) is 80.9 cm³/mol. The maximum atomic E-state index is 12.8. The Morgan fingerprint density at radius 3 is 2.45 bits per heavy atom. The Morgan fingerprint density at radius 1 is 1.15 bits per heavy atom. The summed E-state index contributed by atoms with van der Waals surface area (Å²) < 4.78 is 18.4. The molecule has 1 N–H and O–H groups in total. The van der Waals surface area contributed by atoms with Crippen LogP contribution in [-0.2, 0) is 6.61 Å². The van der Waals surface area contributed by atoms with Crippen molar-refractivity contribution in [3.05, 3.63) is 58.9 Å². The Bertz CT molecular complexity index is 569. The number of halogens is 2. The first-order valence-corrected chi connectivity index (χ1v) is 6.86. The smallest absolute Gasteiger partial charge is 0.138 e. The molecule has 2 aromatic carbocycles. The normalized spacial score (nSPS) is 10.7. The van der Waals surface area contributed by atoms with E-state index in [0.717, 1.165) is 11.3 Å². The van der Waals surface area contributed by atoms with Gasteiger partial charge in [-0.1, -0.05) is 23.7 Å². The highest BCUT2D eigenvalue weighted by Gasteiger charge is 2.04. The average molecular weight is 294 g/mol. The summed E-state index contributed by atoms with van der Waals surface area (Å²) in [6.07, 6.45) is 0. The van der Waals surface area contributed by atoms with Crippen molar-refractivity contribution in [2.24, 2.45) is 0 Å². The molecule has 0 aromatic heterocycles. The van der Waals surface area contributed by atoms with Gasteiger partial charge in [0.1, 0.15) is 18.2 Å². The fraction of sp³-hybridized carbons (Fsp3) is 0.250. The molecule has 0 unspecified atom stereocenters. The van der Waals surface area contributed by atoms with Crippen LogP contribution in [0.1, 0.15) is 19.4 Å². The van der Waals surface area contributed by atoms with Crippen molar-refractivity contribution in [1.29, 1.82) is 0 Å². The molecule has 106 valence electrons. The fourth-order valence-electron chi connectivity index (χ4n) is 1.78. The molecule has 0 bridgehead atoms. The highest BCUT2D eigenvalue weighted by Crippen LogP contribution is 2.28. The minimum atomic E-state index is -0.254. The first-order chi connectivity index (χ1) is 9.54. The van der Waals surface area contributed by atoms with Crippen molar-refractivity contribution >= 4 is 17.3 Å². The molecular formula is C16H17ClFNO. The van der Waals surface area contributed by atoms with Gasteiger partial charge >= 0.3 is 0 Å². The largest absolute Gasteiger partial charge is 0.487 e. The second kappa shape index (κ2) is 6.62. The molecule has 0 aliphatic heterocycles. The van der Waals surface area contributed by atoms with Crippen molar-refractivity contribution < 1.29 is 9.13 Å².